The molecule has 1 aromatic rings. The molecule has 1 aliphatic rings. The number of nitrogens with zero attached hydrogens (tertiary/aromatic N) is 1. The van der Waals surface area contributed by atoms with Crippen molar-refractivity contribution in [2.75, 3.05) is 19.6 Å². The number of benzene rings is 1. The van der Waals surface area contributed by atoms with Crippen LogP contribution in [0.4, 0.5) is 0 Å². The Hall–Kier alpha value is -1.39. The van der Waals surface area contributed by atoms with Crippen LogP contribution < -0.4 is 11.1 Å². The van der Waals surface area contributed by atoms with E-state index in [1.807, 2.05) is 18.2 Å². The van der Waals surface area contributed by atoms with Gasteiger partial charge in [-0.15, -0.1) is 0 Å². The van der Waals surface area contributed by atoms with Gasteiger partial charge in [-0.3, -0.25) is 9.69 Å². The van der Waals surface area contributed by atoms with Crippen molar-refractivity contribution >= 4 is 5.91 Å². The van der Waals surface area contributed by atoms with E-state index in [2.05, 4.69) is 24.1 Å². The van der Waals surface area contributed by atoms with E-state index in [-0.39, 0.29) is 5.91 Å². The Morgan fingerprint density at radius 2 is 2.29 bits per heavy atom. The first-order valence-corrected chi connectivity index (χ1v) is 7.95. The largest absolute Gasteiger partial charge is 0.366 e. The summed E-state index contributed by atoms with van der Waals surface area (Å²) in [7, 11) is 0. The van der Waals surface area contributed by atoms with Gasteiger partial charge in [0.15, 0.2) is 0 Å². The fourth-order valence-electron chi connectivity index (χ4n) is 3.04. The van der Waals surface area contributed by atoms with Crippen LogP contribution in [-0.4, -0.2) is 36.5 Å². The minimum Gasteiger partial charge on any atom is -0.366 e. The highest BCUT2D eigenvalue weighted by Crippen LogP contribution is 2.15. The summed E-state index contributed by atoms with van der Waals surface area (Å²) >= 11 is 0. The smallest absolute Gasteiger partial charge is 0.248 e. The average Bonchev–Trinajstić information content (AvgIpc) is 2.94. The summed E-state index contributed by atoms with van der Waals surface area (Å²) in [5.74, 6) is -0.356. The van der Waals surface area contributed by atoms with E-state index in [4.69, 9.17) is 5.73 Å². The molecule has 4 nitrogen and oxygen atoms in total. The lowest BCUT2D eigenvalue weighted by atomic mass is 10.0. The van der Waals surface area contributed by atoms with Crippen molar-refractivity contribution in [3.05, 3.63) is 34.9 Å². The summed E-state index contributed by atoms with van der Waals surface area (Å²) in [5, 5.41) is 3.57. The Kier molecular flexibility index (Phi) is 5.76. The molecule has 0 saturated carbocycles. The molecule has 1 fully saturated rings. The van der Waals surface area contributed by atoms with Gasteiger partial charge in [0.25, 0.3) is 0 Å². The fraction of sp³-hybridized carbons (Fsp3) is 0.588. The zero-order valence-electron chi connectivity index (χ0n) is 13.2. The Bertz CT molecular complexity index is 481. The van der Waals surface area contributed by atoms with Crippen molar-refractivity contribution in [2.24, 2.45) is 5.73 Å². The summed E-state index contributed by atoms with van der Waals surface area (Å²) in [5.41, 5.74) is 8.36. The monoisotopic (exact) mass is 289 g/mol. The Balaban J connectivity index is 2.03. The minimum absolute atomic E-state index is 0.356. The average molecular weight is 289 g/mol. The van der Waals surface area contributed by atoms with E-state index < -0.39 is 0 Å². The number of carbonyl (C=O) groups excluding carboxylic acids is 1. The molecule has 1 saturated heterocycles. The van der Waals surface area contributed by atoms with E-state index >= 15 is 0 Å². The third-order valence-electron chi connectivity index (χ3n) is 4.20. The van der Waals surface area contributed by atoms with Crippen molar-refractivity contribution in [1.29, 1.82) is 0 Å². The van der Waals surface area contributed by atoms with Crippen LogP contribution in [0.15, 0.2) is 18.2 Å². The number of nitrogens with two attached hydrogens (primary N) is 1. The van der Waals surface area contributed by atoms with Crippen molar-refractivity contribution in [3.8, 4) is 0 Å². The molecule has 0 spiro atoms. The third-order valence-corrected chi connectivity index (χ3v) is 4.20. The van der Waals surface area contributed by atoms with Crippen molar-refractivity contribution in [2.45, 2.75) is 45.7 Å². The highest BCUT2D eigenvalue weighted by molar-refractivity contribution is 5.93. The lowest BCUT2D eigenvalue weighted by molar-refractivity contribution is 0.1000. The zero-order chi connectivity index (χ0) is 15.2. The number of hydrogen-bond donors (Lipinski definition) is 2. The minimum atomic E-state index is -0.356. The SMILES string of the molecule is CCCN(Cc1ccc(C(N)=O)cc1C)CC1CCCN1. The second kappa shape index (κ2) is 7.57. The molecule has 0 aromatic heterocycles. The predicted octanol–water partition coefficient (Wildman–Crippen LogP) is 2.06. The van der Waals surface area contributed by atoms with Crippen LogP contribution >= 0.6 is 0 Å². The topological polar surface area (TPSA) is 58.4 Å². The maximum absolute atomic E-state index is 11.2. The molecular weight excluding hydrogens is 262 g/mol. The lowest BCUT2D eigenvalue weighted by Gasteiger charge is -2.26. The van der Waals surface area contributed by atoms with E-state index in [0.717, 1.165) is 38.2 Å². The first kappa shape index (κ1) is 16.0. The molecule has 1 aromatic carbocycles. The third kappa shape index (κ3) is 4.55. The maximum atomic E-state index is 11.2. The number of hydrogen-bond acceptors (Lipinski definition) is 3. The number of primary amides is 1. The number of nitrogens with one attached hydrogen (secondary N) is 1. The number of amides is 1. The Morgan fingerprint density at radius 1 is 1.48 bits per heavy atom. The summed E-state index contributed by atoms with van der Waals surface area (Å²) < 4.78 is 0. The summed E-state index contributed by atoms with van der Waals surface area (Å²) in [6.45, 7) is 8.58. The molecule has 0 aliphatic carbocycles. The summed E-state index contributed by atoms with van der Waals surface area (Å²) in [6.07, 6.45) is 3.72. The van der Waals surface area contributed by atoms with Gasteiger partial charge in [-0.1, -0.05) is 13.0 Å². The second-order valence-electron chi connectivity index (χ2n) is 6.03. The highest BCUT2D eigenvalue weighted by atomic mass is 16.1. The Morgan fingerprint density at radius 3 is 2.86 bits per heavy atom. The molecule has 1 atom stereocenters. The molecule has 1 unspecified atom stereocenters. The van der Waals surface area contributed by atoms with E-state index in [1.165, 1.54) is 18.4 Å². The highest BCUT2D eigenvalue weighted by Gasteiger charge is 2.18. The van der Waals surface area contributed by atoms with Gasteiger partial charge in [-0.05, 0) is 62.5 Å². The normalized spacial score (nSPS) is 18.3. The van der Waals surface area contributed by atoms with Gasteiger partial charge in [-0.2, -0.15) is 0 Å². The molecule has 1 amide bonds. The van der Waals surface area contributed by atoms with Crippen LogP contribution in [0, 0.1) is 6.92 Å². The molecule has 4 heteroatoms. The van der Waals surface area contributed by atoms with Crippen molar-refractivity contribution < 1.29 is 4.79 Å². The molecule has 116 valence electrons. The summed E-state index contributed by atoms with van der Waals surface area (Å²) in [6, 6.07) is 6.40. The Labute approximate surface area is 127 Å². The van der Waals surface area contributed by atoms with Gasteiger partial charge in [0.05, 0.1) is 0 Å². The van der Waals surface area contributed by atoms with Crippen LogP contribution in [0.5, 0.6) is 0 Å². The second-order valence-corrected chi connectivity index (χ2v) is 6.03. The molecule has 1 heterocycles. The van der Waals surface area contributed by atoms with Crippen LogP contribution in [0.1, 0.15) is 47.7 Å². The van der Waals surface area contributed by atoms with Crippen LogP contribution in [0.3, 0.4) is 0 Å². The lowest BCUT2D eigenvalue weighted by Crippen LogP contribution is -2.37. The van der Waals surface area contributed by atoms with Gasteiger partial charge in [-0.25, -0.2) is 0 Å². The molecule has 0 bridgehead atoms. The number of aryl methyl sites for hydroxylation is 1. The molecule has 1 aliphatic heterocycles. The van der Waals surface area contributed by atoms with Crippen LogP contribution in [0.25, 0.3) is 0 Å². The predicted molar refractivity (Wildman–Crippen MR) is 86.3 cm³/mol. The van der Waals surface area contributed by atoms with Gasteiger partial charge >= 0.3 is 0 Å². The molecule has 2 rings (SSSR count). The summed E-state index contributed by atoms with van der Waals surface area (Å²) in [4.78, 5) is 13.7. The first-order chi connectivity index (χ1) is 10.1. The molecular formula is C17H27N3O. The standard InChI is InChI=1S/C17H27N3O/c1-3-9-20(12-16-5-4-8-19-16)11-15-7-6-14(17(18)21)10-13(15)2/h6-7,10,16,19H,3-5,8-9,11-12H2,1-2H3,(H2,18,21). The van der Waals surface area contributed by atoms with Gasteiger partial charge in [0.2, 0.25) is 5.91 Å². The van der Waals surface area contributed by atoms with Gasteiger partial charge < -0.3 is 11.1 Å². The zero-order valence-corrected chi connectivity index (χ0v) is 13.2. The molecule has 21 heavy (non-hydrogen) atoms. The van der Waals surface area contributed by atoms with Crippen LogP contribution in [0.2, 0.25) is 0 Å². The van der Waals surface area contributed by atoms with Gasteiger partial charge in [0, 0.05) is 24.7 Å². The van der Waals surface area contributed by atoms with Gasteiger partial charge in [0.1, 0.15) is 0 Å². The maximum Gasteiger partial charge on any atom is 0.248 e. The fourth-order valence-corrected chi connectivity index (χ4v) is 3.04. The van der Waals surface area contributed by atoms with E-state index in [9.17, 15) is 4.79 Å². The van der Waals surface area contributed by atoms with Crippen molar-refractivity contribution in [3.63, 3.8) is 0 Å². The van der Waals surface area contributed by atoms with Crippen molar-refractivity contribution in [1.82, 2.24) is 10.2 Å². The number of carbonyl (C=O) groups is 1. The first-order valence-electron chi connectivity index (χ1n) is 7.95. The van der Waals surface area contributed by atoms with E-state index in [1.54, 1.807) is 0 Å². The molecule has 3 N–H and O–H groups in total. The number of rotatable bonds is 7. The quantitative estimate of drug-likeness (QED) is 0.808. The van der Waals surface area contributed by atoms with Crippen LogP contribution in [-0.2, 0) is 6.54 Å². The molecule has 0 radical (unpaired) electrons. The van der Waals surface area contributed by atoms with E-state index in [0.29, 0.717) is 11.6 Å².